The van der Waals surface area contributed by atoms with Gasteiger partial charge in [0.2, 0.25) is 11.8 Å². The molecule has 6 nitrogen and oxygen atoms in total. The predicted octanol–water partition coefficient (Wildman–Crippen LogP) is -0.131. The molecular weight excluding hydrogens is 258 g/mol. The number of nitrogens with two attached hydrogens (primary N) is 1. The van der Waals surface area contributed by atoms with Crippen LogP contribution in [0.15, 0.2) is 0 Å². The molecule has 0 spiro atoms. The minimum atomic E-state index is -0.733. The van der Waals surface area contributed by atoms with Gasteiger partial charge in [-0.05, 0) is 31.6 Å². The summed E-state index contributed by atoms with van der Waals surface area (Å²) >= 11 is 0. The van der Waals surface area contributed by atoms with Crippen molar-refractivity contribution in [3.63, 3.8) is 0 Å². The monoisotopic (exact) mass is 283 g/mol. The second-order valence-corrected chi connectivity index (χ2v) is 5.94. The maximum atomic E-state index is 12.5. The first kappa shape index (κ1) is 15.3. The Labute approximate surface area is 120 Å². The van der Waals surface area contributed by atoms with E-state index in [1.54, 1.807) is 0 Å². The van der Waals surface area contributed by atoms with Gasteiger partial charge in [0, 0.05) is 39.8 Å². The summed E-state index contributed by atoms with van der Waals surface area (Å²) in [6, 6.07) is 0. The Bertz CT molecular complexity index is 359. The van der Waals surface area contributed by atoms with Crippen molar-refractivity contribution in [2.75, 3.05) is 32.8 Å². The van der Waals surface area contributed by atoms with Crippen LogP contribution in [0, 0.1) is 5.92 Å². The standard InChI is InChI=1S/C14H25N3O3/c1-11(18)16-10-12-2-6-17(7-3-12)13(19)14(15)4-8-20-9-5-14/h12H,2-10,15H2,1H3,(H,16,18). The van der Waals surface area contributed by atoms with Crippen LogP contribution in [0.3, 0.4) is 0 Å². The summed E-state index contributed by atoms with van der Waals surface area (Å²) in [6.45, 7) is 4.86. The van der Waals surface area contributed by atoms with E-state index in [2.05, 4.69) is 5.32 Å². The molecule has 0 radical (unpaired) electrons. The number of carbonyl (C=O) groups excluding carboxylic acids is 2. The third kappa shape index (κ3) is 3.70. The Kier molecular flexibility index (Phi) is 4.99. The molecule has 0 aromatic heterocycles. The Morgan fingerprint density at radius 1 is 1.30 bits per heavy atom. The van der Waals surface area contributed by atoms with Crippen LogP contribution < -0.4 is 11.1 Å². The number of hydrogen-bond donors (Lipinski definition) is 2. The van der Waals surface area contributed by atoms with E-state index in [9.17, 15) is 9.59 Å². The molecule has 2 aliphatic rings. The minimum Gasteiger partial charge on any atom is -0.381 e. The lowest BCUT2D eigenvalue weighted by Crippen LogP contribution is -2.59. The van der Waals surface area contributed by atoms with E-state index in [0.29, 0.717) is 38.5 Å². The fraction of sp³-hybridized carbons (Fsp3) is 0.857. The normalized spacial score (nSPS) is 23.4. The smallest absolute Gasteiger partial charge is 0.242 e. The maximum absolute atomic E-state index is 12.5. The number of nitrogens with one attached hydrogen (secondary N) is 1. The third-order valence-electron chi connectivity index (χ3n) is 4.35. The highest BCUT2D eigenvalue weighted by molar-refractivity contribution is 5.86. The molecule has 2 rings (SSSR count). The molecule has 3 N–H and O–H groups in total. The lowest BCUT2D eigenvalue weighted by molar-refractivity contribution is -0.142. The fourth-order valence-corrected chi connectivity index (χ4v) is 2.89. The molecule has 0 aromatic carbocycles. The average Bonchev–Trinajstić information content (AvgIpc) is 2.45. The molecule has 20 heavy (non-hydrogen) atoms. The van der Waals surface area contributed by atoms with Gasteiger partial charge in [-0.1, -0.05) is 0 Å². The van der Waals surface area contributed by atoms with Crippen LogP contribution in [0.25, 0.3) is 0 Å². The van der Waals surface area contributed by atoms with Crippen molar-refractivity contribution in [2.24, 2.45) is 11.7 Å². The van der Waals surface area contributed by atoms with Crippen LogP contribution >= 0.6 is 0 Å². The Morgan fingerprint density at radius 2 is 1.90 bits per heavy atom. The summed E-state index contributed by atoms with van der Waals surface area (Å²) in [7, 11) is 0. The zero-order valence-corrected chi connectivity index (χ0v) is 12.2. The summed E-state index contributed by atoms with van der Waals surface area (Å²) in [4.78, 5) is 25.3. The molecule has 2 aliphatic heterocycles. The van der Waals surface area contributed by atoms with Crippen LogP contribution in [0.1, 0.15) is 32.6 Å². The van der Waals surface area contributed by atoms with Crippen LogP contribution in [-0.2, 0) is 14.3 Å². The third-order valence-corrected chi connectivity index (χ3v) is 4.35. The van der Waals surface area contributed by atoms with E-state index in [-0.39, 0.29) is 11.8 Å². The molecule has 0 aliphatic carbocycles. The lowest BCUT2D eigenvalue weighted by Gasteiger charge is -2.39. The van der Waals surface area contributed by atoms with E-state index >= 15 is 0 Å². The molecule has 2 amide bonds. The summed E-state index contributed by atoms with van der Waals surface area (Å²) in [5, 5.41) is 2.85. The zero-order valence-electron chi connectivity index (χ0n) is 12.2. The number of piperidine rings is 1. The average molecular weight is 283 g/mol. The molecule has 0 saturated carbocycles. The van der Waals surface area contributed by atoms with Crippen molar-refractivity contribution in [2.45, 2.75) is 38.1 Å². The molecule has 2 saturated heterocycles. The molecule has 2 heterocycles. The van der Waals surface area contributed by atoms with Crippen molar-refractivity contribution in [1.29, 1.82) is 0 Å². The number of nitrogens with zero attached hydrogens (tertiary/aromatic N) is 1. The van der Waals surface area contributed by atoms with E-state index in [1.807, 2.05) is 4.90 Å². The molecule has 6 heteroatoms. The highest BCUT2D eigenvalue weighted by Crippen LogP contribution is 2.24. The molecule has 2 fully saturated rings. The topological polar surface area (TPSA) is 84.7 Å². The summed E-state index contributed by atoms with van der Waals surface area (Å²) < 4.78 is 5.28. The van der Waals surface area contributed by atoms with Gasteiger partial charge in [0.15, 0.2) is 0 Å². The largest absolute Gasteiger partial charge is 0.381 e. The summed E-state index contributed by atoms with van der Waals surface area (Å²) in [6.07, 6.45) is 3.08. The van der Waals surface area contributed by atoms with Gasteiger partial charge >= 0.3 is 0 Å². The number of rotatable bonds is 3. The van der Waals surface area contributed by atoms with Crippen LogP contribution in [-0.4, -0.2) is 55.1 Å². The number of amides is 2. The molecule has 0 unspecified atom stereocenters. The molecule has 0 bridgehead atoms. The number of ether oxygens (including phenoxy) is 1. The van der Waals surface area contributed by atoms with Crippen molar-refractivity contribution in [3.05, 3.63) is 0 Å². The minimum absolute atomic E-state index is 0.00613. The fourth-order valence-electron chi connectivity index (χ4n) is 2.89. The number of hydrogen-bond acceptors (Lipinski definition) is 4. The second-order valence-electron chi connectivity index (χ2n) is 5.94. The van der Waals surface area contributed by atoms with Gasteiger partial charge in [-0.2, -0.15) is 0 Å². The van der Waals surface area contributed by atoms with Crippen LogP contribution in [0.4, 0.5) is 0 Å². The molecular formula is C14H25N3O3. The maximum Gasteiger partial charge on any atom is 0.242 e. The number of likely N-dealkylation sites (tertiary alicyclic amines) is 1. The quantitative estimate of drug-likeness (QED) is 0.755. The Balaban J connectivity index is 1.81. The van der Waals surface area contributed by atoms with Gasteiger partial charge in [-0.25, -0.2) is 0 Å². The lowest BCUT2D eigenvalue weighted by atomic mass is 9.88. The molecule has 0 aromatic rings. The Morgan fingerprint density at radius 3 is 2.45 bits per heavy atom. The second kappa shape index (κ2) is 6.54. The van der Waals surface area contributed by atoms with E-state index in [1.165, 1.54) is 6.92 Å². The van der Waals surface area contributed by atoms with Gasteiger partial charge in [0.1, 0.15) is 0 Å². The first-order chi connectivity index (χ1) is 9.51. The zero-order chi connectivity index (χ0) is 14.6. The van der Waals surface area contributed by atoms with E-state index in [4.69, 9.17) is 10.5 Å². The number of carbonyl (C=O) groups is 2. The van der Waals surface area contributed by atoms with Gasteiger partial charge in [0.05, 0.1) is 5.54 Å². The molecule has 0 atom stereocenters. The first-order valence-corrected chi connectivity index (χ1v) is 7.42. The summed E-state index contributed by atoms with van der Waals surface area (Å²) in [5.74, 6) is 0.539. The van der Waals surface area contributed by atoms with Gasteiger partial charge in [-0.15, -0.1) is 0 Å². The Hall–Kier alpha value is -1.14. The van der Waals surface area contributed by atoms with E-state index < -0.39 is 5.54 Å². The van der Waals surface area contributed by atoms with Crippen molar-refractivity contribution in [3.8, 4) is 0 Å². The predicted molar refractivity (Wildman–Crippen MR) is 75.0 cm³/mol. The first-order valence-electron chi connectivity index (χ1n) is 7.42. The highest BCUT2D eigenvalue weighted by Gasteiger charge is 2.39. The van der Waals surface area contributed by atoms with Gasteiger partial charge in [-0.3, -0.25) is 9.59 Å². The van der Waals surface area contributed by atoms with Crippen molar-refractivity contribution < 1.29 is 14.3 Å². The van der Waals surface area contributed by atoms with Crippen molar-refractivity contribution in [1.82, 2.24) is 10.2 Å². The summed E-state index contributed by atoms with van der Waals surface area (Å²) in [5.41, 5.74) is 5.50. The van der Waals surface area contributed by atoms with Gasteiger partial charge in [0.25, 0.3) is 0 Å². The van der Waals surface area contributed by atoms with E-state index in [0.717, 1.165) is 25.9 Å². The van der Waals surface area contributed by atoms with Gasteiger partial charge < -0.3 is 20.7 Å². The van der Waals surface area contributed by atoms with Crippen molar-refractivity contribution >= 4 is 11.8 Å². The molecule has 114 valence electrons. The SMILES string of the molecule is CC(=O)NCC1CCN(C(=O)C2(N)CCOCC2)CC1. The highest BCUT2D eigenvalue weighted by atomic mass is 16.5. The van der Waals surface area contributed by atoms with Crippen LogP contribution in [0.5, 0.6) is 0 Å². The van der Waals surface area contributed by atoms with Crippen LogP contribution in [0.2, 0.25) is 0 Å².